The highest BCUT2D eigenvalue weighted by atomic mass is 32.2. The fraction of sp³-hybridized carbons (Fsp3) is 0.273. The molecule has 2 rings (SSSR count). The van der Waals surface area contributed by atoms with Crippen LogP contribution in [0.3, 0.4) is 0 Å². The van der Waals surface area contributed by atoms with Crippen molar-refractivity contribution in [3.63, 3.8) is 0 Å². The fourth-order valence-electron chi connectivity index (χ4n) is 1.41. The Bertz CT molecular complexity index is 530. The van der Waals surface area contributed by atoms with Gasteiger partial charge in [-0.3, -0.25) is 0 Å². The highest BCUT2D eigenvalue weighted by molar-refractivity contribution is 8.03. The number of benzene rings is 1. The molecule has 0 atom stereocenters. The topological polar surface area (TPSA) is 51.8 Å². The summed E-state index contributed by atoms with van der Waals surface area (Å²) in [4.78, 5) is 0.835. The summed E-state index contributed by atoms with van der Waals surface area (Å²) in [6.45, 7) is 0.517. The summed E-state index contributed by atoms with van der Waals surface area (Å²) >= 11 is 4.49. The van der Waals surface area contributed by atoms with Gasteiger partial charge in [0.25, 0.3) is 0 Å². The molecule has 1 heterocycles. The minimum absolute atomic E-state index is 0.238. The van der Waals surface area contributed by atoms with Gasteiger partial charge in [0.1, 0.15) is 5.82 Å². The minimum atomic E-state index is -0.238. The Morgan fingerprint density at radius 3 is 2.72 bits per heavy atom. The Morgan fingerprint density at radius 1 is 1.28 bits per heavy atom. The van der Waals surface area contributed by atoms with Crippen molar-refractivity contribution in [2.75, 3.05) is 12.8 Å². The maximum absolute atomic E-state index is 13.4. The molecule has 0 aliphatic heterocycles. The molecule has 0 aliphatic carbocycles. The summed E-state index contributed by atoms with van der Waals surface area (Å²) < 4.78 is 15.2. The third-order valence-electron chi connectivity index (χ3n) is 2.13. The van der Waals surface area contributed by atoms with Crippen LogP contribution in [0, 0.1) is 5.82 Å². The average Bonchev–Trinajstić information content (AvgIpc) is 2.76. The summed E-state index contributed by atoms with van der Waals surface area (Å²) in [5, 5.41) is 8.06. The number of nitrogens with zero attached hydrogens (tertiary/aromatic N) is 2. The van der Waals surface area contributed by atoms with E-state index in [0.717, 1.165) is 19.1 Å². The lowest BCUT2D eigenvalue weighted by atomic mass is 10.1. The number of halogens is 1. The molecule has 0 bridgehead atoms. The zero-order valence-corrected chi connectivity index (χ0v) is 12.2. The van der Waals surface area contributed by atoms with Crippen LogP contribution in [0.5, 0.6) is 0 Å². The molecule has 7 heteroatoms. The van der Waals surface area contributed by atoms with Gasteiger partial charge in [-0.2, -0.15) is 0 Å². The van der Waals surface area contributed by atoms with Crippen LogP contribution in [0.1, 0.15) is 5.56 Å². The zero-order valence-electron chi connectivity index (χ0n) is 9.72. The van der Waals surface area contributed by atoms with E-state index in [1.54, 1.807) is 11.8 Å². The Hall–Kier alpha value is -0.630. The van der Waals surface area contributed by atoms with Gasteiger partial charge in [-0.15, -0.1) is 10.2 Å². The first-order chi connectivity index (χ1) is 8.71. The van der Waals surface area contributed by atoms with Gasteiger partial charge in [-0.1, -0.05) is 34.9 Å². The second kappa shape index (κ2) is 6.51. The first kappa shape index (κ1) is 13.8. The molecule has 1 aromatic heterocycles. The van der Waals surface area contributed by atoms with Crippen molar-refractivity contribution in [3.8, 4) is 0 Å². The van der Waals surface area contributed by atoms with Crippen molar-refractivity contribution in [1.29, 1.82) is 0 Å². The van der Waals surface area contributed by atoms with Crippen LogP contribution in [0.4, 0.5) is 4.39 Å². The Morgan fingerprint density at radius 2 is 2.06 bits per heavy atom. The van der Waals surface area contributed by atoms with E-state index in [4.69, 9.17) is 5.73 Å². The van der Waals surface area contributed by atoms with Gasteiger partial charge in [-0.05, 0) is 43.0 Å². The van der Waals surface area contributed by atoms with Gasteiger partial charge in [0.2, 0.25) is 0 Å². The van der Waals surface area contributed by atoms with Crippen molar-refractivity contribution < 1.29 is 4.39 Å². The number of nitrogens with two attached hydrogens (primary N) is 1. The van der Waals surface area contributed by atoms with Crippen LogP contribution in [0.2, 0.25) is 0 Å². The Labute approximate surface area is 117 Å². The molecule has 1 aromatic carbocycles. The Kier molecular flexibility index (Phi) is 4.99. The summed E-state index contributed by atoms with van der Waals surface area (Å²) in [6, 6.07) is 4.97. The minimum Gasteiger partial charge on any atom is -0.330 e. The normalized spacial score (nSPS) is 10.8. The molecule has 2 aromatic rings. The van der Waals surface area contributed by atoms with Crippen LogP contribution in [0.25, 0.3) is 0 Å². The highest BCUT2D eigenvalue weighted by Gasteiger charge is 2.07. The molecule has 18 heavy (non-hydrogen) atoms. The van der Waals surface area contributed by atoms with Crippen LogP contribution >= 0.6 is 34.9 Å². The van der Waals surface area contributed by atoms with E-state index in [2.05, 4.69) is 10.2 Å². The lowest BCUT2D eigenvalue weighted by Crippen LogP contribution is -2.02. The van der Waals surface area contributed by atoms with Gasteiger partial charge in [-0.25, -0.2) is 4.39 Å². The fourth-order valence-corrected chi connectivity index (χ4v) is 3.93. The summed E-state index contributed by atoms with van der Waals surface area (Å²) in [6.07, 6.45) is 2.63. The largest absolute Gasteiger partial charge is 0.330 e. The van der Waals surface area contributed by atoms with E-state index in [9.17, 15) is 4.39 Å². The maximum Gasteiger partial charge on any atom is 0.179 e. The molecule has 0 aliphatic rings. The van der Waals surface area contributed by atoms with Crippen molar-refractivity contribution in [2.24, 2.45) is 5.73 Å². The van der Waals surface area contributed by atoms with E-state index < -0.39 is 0 Å². The van der Waals surface area contributed by atoms with E-state index in [1.807, 2.05) is 12.3 Å². The van der Waals surface area contributed by atoms with E-state index in [-0.39, 0.29) is 5.82 Å². The smallest absolute Gasteiger partial charge is 0.179 e. The van der Waals surface area contributed by atoms with E-state index in [1.165, 1.54) is 35.2 Å². The second-order valence-corrected chi connectivity index (χ2v) is 6.83. The Balaban J connectivity index is 2.17. The SMILES string of the molecule is CSc1nnc(Sc2cc(F)cc(CCN)c2)s1. The molecule has 3 nitrogen and oxygen atoms in total. The lowest BCUT2D eigenvalue weighted by molar-refractivity contribution is 0.621. The van der Waals surface area contributed by atoms with Crippen LogP contribution < -0.4 is 5.73 Å². The van der Waals surface area contributed by atoms with E-state index >= 15 is 0 Å². The summed E-state index contributed by atoms with van der Waals surface area (Å²) in [5.41, 5.74) is 6.39. The third-order valence-corrected chi connectivity index (χ3v) is 5.05. The average molecular weight is 301 g/mol. The molecule has 96 valence electrons. The monoisotopic (exact) mass is 301 g/mol. The summed E-state index contributed by atoms with van der Waals surface area (Å²) in [7, 11) is 0. The van der Waals surface area contributed by atoms with Crippen LogP contribution in [0.15, 0.2) is 31.8 Å². The van der Waals surface area contributed by atoms with Gasteiger partial charge in [0, 0.05) is 4.90 Å². The lowest BCUT2D eigenvalue weighted by Gasteiger charge is -2.03. The molecule has 0 fully saturated rings. The number of rotatable bonds is 5. The van der Waals surface area contributed by atoms with Crippen LogP contribution in [-0.4, -0.2) is 23.0 Å². The van der Waals surface area contributed by atoms with Crippen molar-refractivity contribution in [1.82, 2.24) is 10.2 Å². The highest BCUT2D eigenvalue weighted by Crippen LogP contribution is 2.33. The van der Waals surface area contributed by atoms with Crippen LogP contribution in [-0.2, 0) is 6.42 Å². The zero-order chi connectivity index (χ0) is 13.0. The van der Waals surface area contributed by atoms with Crippen molar-refractivity contribution >= 4 is 34.9 Å². The number of hydrogen-bond donors (Lipinski definition) is 1. The first-order valence-corrected chi connectivity index (χ1v) is 8.12. The first-order valence-electron chi connectivity index (χ1n) is 5.26. The third kappa shape index (κ3) is 3.68. The molecule has 0 amide bonds. The summed E-state index contributed by atoms with van der Waals surface area (Å²) in [5.74, 6) is -0.238. The molecule has 0 saturated heterocycles. The van der Waals surface area contributed by atoms with Gasteiger partial charge < -0.3 is 5.73 Å². The molecular formula is C11H12FN3S3. The molecule has 0 radical (unpaired) electrons. The molecule has 0 unspecified atom stereocenters. The standard InChI is InChI=1S/C11H12FN3S3/c1-16-10-14-15-11(18-10)17-9-5-7(2-3-13)4-8(12)6-9/h4-6H,2-3,13H2,1H3. The van der Waals surface area contributed by atoms with Gasteiger partial charge >= 0.3 is 0 Å². The van der Waals surface area contributed by atoms with Crippen molar-refractivity contribution in [2.45, 2.75) is 20.0 Å². The second-order valence-electron chi connectivity index (χ2n) is 3.47. The predicted molar refractivity (Wildman–Crippen MR) is 75.0 cm³/mol. The van der Waals surface area contributed by atoms with Gasteiger partial charge in [0.05, 0.1) is 0 Å². The molecule has 0 spiro atoms. The quantitative estimate of drug-likeness (QED) is 0.860. The predicted octanol–water partition coefficient (Wildman–Crippen LogP) is 3.05. The molecule has 2 N–H and O–H groups in total. The number of aromatic nitrogens is 2. The number of hydrogen-bond acceptors (Lipinski definition) is 6. The van der Waals surface area contributed by atoms with E-state index in [0.29, 0.717) is 13.0 Å². The maximum atomic E-state index is 13.4. The van der Waals surface area contributed by atoms with Gasteiger partial charge in [0.15, 0.2) is 8.68 Å². The molecule has 0 saturated carbocycles. The van der Waals surface area contributed by atoms with Crippen molar-refractivity contribution in [3.05, 3.63) is 29.6 Å². The number of thioether (sulfide) groups is 1. The molecular weight excluding hydrogens is 289 g/mol.